The molecule has 0 aliphatic carbocycles. The molecule has 9 rings (SSSR count). The number of benzene rings is 3. The van der Waals surface area contributed by atoms with Gasteiger partial charge in [0, 0.05) is 43.4 Å². The molecule has 0 amide bonds. The predicted octanol–water partition coefficient (Wildman–Crippen LogP) is 9.97. The van der Waals surface area contributed by atoms with E-state index in [-0.39, 0.29) is 61.9 Å². The van der Waals surface area contributed by atoms with Gasteiger partial charge in [0.05, 0.1) is 43.5 Å². The smallest absolute Gasteiger partial charge is 0.417 e. The van der Waals surface area contributed by atoms with E-state index in [0.717, 1.165) is 30.0 Å². The number of halogens is 7. The van der Waals surface area contributed by atoms with Crippen molar-refractivity contribution >= 4 is 22.5 Å². The van der Waals surface area contributed by atoms with Gasteiger partial charge in [0.2, 0.25) is 5.88 Å². The Hall–Kier alpha value is -6.43. The van der Waals surface area contributed by atoms with Crippen molar-refractivity contribution in [3.05, 3.63) is 118 Å². The first kappa shape index (κ1) is 44.8. The summed E-state index contributed by atoms with van der Waals surface area (Å²) in [5.74, 6) is -2.84. The van der Waals surface area contributed by atoms with E-state index in [2.05, 4.69) is 14.9 Å². The van der Waals surface area contributed by atoms with Crippen LogP contribution in [0.2, 0.25) is 0 Å². The van der Waals surface area contributed by atoms with Gasteiger partial charge < -0.3 is 28.7 Å². The highest BCUT2D eigenvalue weighted by Gasteiger charge is 2.49. The number of anilines is 2. The summed E-state index contributed by atoms with van der Waals surface area (Å²) in [7, 11) is 3.19. The lowest BCUT2D eigenvalue weighted by atomic mass is 9.95. The molecule has 6 heterocycles. The predicted molar refractivity (Wildman–Crippen MR) is 232 cm³/mol. The molecule has 6 aromatic rings. The minimum atomic E-state index is -5.31. The fourth-order valence-corrected chi connectivity index (χ4v) is 9.47. The summed E-state index contributed by atoms with van der Waals surface area (Å²) >= 11 is 0. The van der Waals surface area contributed by atoms with Crippen LogP contribution < -0.4 is 28.7 Å². The fourth-order valence-electron chi connectivity index (χ4n) is 9.47. The molecule has 0 N–H and O–H groups in total. The van der Waals surface area contributed by atoms with Gasteiger partial charge in [-0.05, 0) is 80.8 Å². The average Bonchev–Trinajstić information content (AvgIpc) is 3.78. The van der Waals surface area contributed by atoms with Gasteiger partial charge in [-0.25, -0.2) is 27.5 Å². The highest BCUT2D eigenvalue weighted by atomic mass is 19.4. The molecular formula is C48H46F7N7O4. The second kappa shape index (κ2) is 17.8. The highest BCUT2D eigenvalue weighted by Crippen LogP contribution is 2.47. The summed E-state index contributed by atoms with van der Waals surface area (Å²) in [6, 6.07) is 18.2. The molecule has 3 aromatic carbocycles. The zero-order valence-electron chi connectivity index (χ0n) is 36.6. The highest BCUT2D eigenvalue weighted by molar-refractivity contribution is 5.97. The molecular weight excluding hydrogens is 872 g/mol. The lowest BCUT2D eigenvalue weighted by Crippen LogP contribution is -2.43. The lowest BCUT2D eigenvalue weighted by Gasteiger charge is -2.34. The maximum atomic E-state index is 17.3. The van der Waals surface area contributed by atoms with E-state index in [1.54, 1.807) is 26.5 Å². The minimum Gasteiger partial charge on any atom is -0.497 e. The van der Waals surface area contributed by atoms with Gasteiger partial charge in [-0.1, -0.05) is 30.3 Å². The van der Waals surface area contributed by atoms with Crippen LogP contribution in [0.15, 0.2) is 72.9 Å². The van der Waals surface area contributed by atoms with E-state index in [0.29, 0.717) is 43.4 Å². The number of alkyl halides is 4. The van der Waals surface area contributed by atoms with Crippen molar-refractivity contribution < 1.29 is 49.7 Å². The zero-order chi connectivity index (χ0) is 46.5. The summed E-state index contributed by atoms with van der Waals surface area (Å²) in [4.78, 5) is 24.3. The molecule has 0 unspecified atom stereocenters. The van der Waals surface area contributed by atoms with Crippen molar-refractivity contribution in [3.8, 4) is 34.6 Å². The molecule has 2 saturated heterocycles. The topological polar surface area (TPSA) is 98.2 Å². The summed E-state index contributed by atoms with van der Waals surface area (Å²) in [6.45, 7) is 4.48. The zero-order valence-corrected chi connectivity index (χ0v) is 36.6. The molecule has 3 atom stereocenters. The van der Waals surface area contributed by atoms with E-state index in [1.807, 2.05) is 71.3 Å². The second-order valence-electron chi connectivity index (χ2n) is 16.9. The Morgan fingerprint density at radius 1 is 0.909 bits per heavy atom. The Morgan fingerprint density at radius 2 is 1.59 bits per heavy atom. The number of methoxy groups -OCH3 is 2. The molecule has 2 fully saturated rings. The molecule has 0 radical (unpaired) electrons. The molecule has 0 bridgehead atoms. The maximum absolute atomic E-state index is 17.3. The van der Waals surface area contributed by atoms with Crippen LogP contribution in [0.4, 0.5) is 42.4 Å². The largest absolute Gasteiger partial charge is 0.497 e. The number of aromatic nitrogens is 4. The number of fused-ring (bicyclic) bond motifs is 1. The van der Waals surface area contributed by atoms with Gasteiger partial charge >= 0.3 is 12.2 Å². The summed E-state index contributed by atoms with van der Waals surface area (Å²) in [5, 5.41) is -0.107. The van der Waals surface area contributed by atoms with Crippen molar-refractivity contribution in [3.63, 3.8) is 0 Å². The molecule has 3 aliphatic heterocycles. The molecule has 0 saturated carbocycles. The van der Waals surface area contributed by atoms with Gasteiger partial charge in [0.1, 0.15) is 70.8 Å². The summed E-state index contributed by atoms with van der Waals surface area (Å²) in [5.41, 5.74) is -3.50. The van der Waals surface area contributed by atoms with Crippen LogP contribution in [0, 0.1) is 24.4 Å². The fraction of sp³-hybridized carbons (Fsp3) is 0.375. The van der Waals surface area contributed by atoms with Crippen LogP contribution in [-0.2, 0) is 19.3 Å². The van der Waals surface area contributed by atoms with Gasteiger partial charge in [0.15, 0.2) is 5.82 Å². The number of nitrogens with zero attached hydrogens (tertiary/aromatic N) is 7. The van der Waals surface area contributed by atoms with Gasteiger partial charge in [-0.3, -0.25) is 4.90 Å². The van der Waals surface area contributed by atoms with Crippen LogP contribution in [0.3, 0.4) is 0 Å². The van der Waals surface area contributed by atoms with Crippen molar-refractivity contribution in [2.45, 2.75) is 70.1 Å². The molecule has 3 aromatic heterocycles. The molecule has 346 valence electrons. The molecule has 66 heavy (non-hydrogen) atoms. The first-order valence-electron chi connectivity index (χ1n) is 21.5. The number of ether oxygens (including phenoxy) is 4. The Kier molecular flexibility index (Phi) is 12.0. The lowest BCUT2D eigenvalue weighted by molar-refractivity contribution is -0.137. The van der Waals surface area contributed by atoms with Gasteiger partial charge in [-0.15, -0.1) is 0 Å². The SMILES string of the molecule is COc1ccc(CN(Cc2ccc(OC)cc2)c2ncccc2[C@@H](C)N2CCOc3nc(-c4c(C(F)(F)F)cc(F)c(C)c4F)c(F)c4nc(OC[C@@]56CCCN5C[C@H](F)C6)nc2c34)cc1. The Labute approximate surface area is 376 Å². The van der Waals surface area contributed by atoms with E-state index >= 15 is 8.78 Å². The number of rotatable bonds is 13. The van der Waals surface area contributed by atoms with Crippen LogP contribution in [0.5, 0.6) is 23.4 Å². The summed E-state index contributed by atoms with van der Waals surface area (Å²) < 4.78 is 130. The van der Waals surface area contributed by atoms with E-state index in [1.165, 1.54) is 0 Å². The molecule has 18 heteroatoms. The van der Waals surface area contributed by atoms with E-state index in [4.69, 9.17) is 28.9 Å². The number of hydrogen-bond donors (Lipinski definition) is 0. The van der Waals surface area contributed by atoms with Crippen LogP contribution in [-0.4, -0.2) is 83.6 Å². The maximum Gasteiger partial charge on any atom is 0.417 e. The quantitative estimate of drug-likeness (QED) is 0.104. The second-order valence-corrected chi connectivity index (χ2v) is 16.9. The first-order valence-corrected chi connectivity index (χ1v) is 21.5. The van der Waals surface area contributed by atoms with Crippen LogP contribution >= 0.6 is 0 Å². The standard InChI is InChI=1S/C48H46F7N7O4/c1-27-36(50)21-35(48(53,54)55)37(39(27)51)41-40(52)42-38-44(59-46(58-42)66-26-47-16-6-18-61(47)25-31(49)22-47)62(19-20-65-45(38)57-41)28(2)34-7-5-17-56-43(34)60(23-29-8-12-32(63-3)13-9-29)24-30-10-14-33(64-4)15-11-30/h5,7-15,17,21,28,31H,6,16,18-20,22-26H2,1-4H3/t28-,31-,47+/m1/s1. The van der Waals surface area contributed by atoms with Crippen molar-refractivity contribution in [2.75, 3.05) is 56.9 Å². The van der Waals surface area contributed by atoms with Crippen LogP contribution in [0.25, 0.3) is 22.2 Å². The first-order chi connectivity index (χ1) is 31.7. The third kappa shape index (κ3) is 8.35. The molecule has 0 spiro atoms. The van der Waals surface area contributed by atoms with Crippen LogP contribution in [0.1, 0.15) is 60.0 Å². The Bertz CT molecular complexity index is 2710. The van der Waals surface area contributed by atoms with E-state index in [9.17, 15) is 22.0 Å². The van der Waals surface area contributed by atoms with Crippen molar-refractivity contribution in [1.82, 2.24) is 24.8 Å². The van der Waals surface area contributed by atoms with Gasteiger partial charge in [0.25, 0.3) is 0 Å². The number of hydrogen-bond acceptors (Lipinski definition) is 11. The average molecular weight is 918 g/mol. The van der Waals surface area contributed by atoms with E-state index < -0.39 is 69.3 Å². The third-order valence-corrected chi connectivity index (χ3v) is 12.9. The monoisotopic (exact) mass is 917 g/mol. The van der Waals surface area contributed by atoms with Gasteiger partial charge in [-0.2, -0.15) is 23.1 Å². The molecule has 11 nitrogen and oxygen atoms in total. The summed E-state index contributed by atoms with van der Waals surface area (Å²) in [6.07, 6.45) is -3.07. The third-order valence-electron chi connectivity index (χ3n) is 12.9. The minimum absolute atomic E-state index is 0.0563. The Balaban J connectivity index is 1.18. The normalized spacial score (nSPS) is 18.8. The Morgan fingerprint density at radius 3 is 2.24 bits per heavy atom. The number of pyridine rings is 2. The van der Waals surface area contributed by atoms with Crippen molar-refractivity contribution in [2.24, 2.45) is 0 Å². The van der Waals surface area contributed by atoms with Crippen molar-refractivity contribution in [1.29, 1.82) is 0 Å². The molecule has 3 aliphatic rings.